The summed E-state index contributed by atoms with van der Waals surface area (Å²) in [5.41, 5.74) is -0.194. The van der Waals surface area contributed by atoms with E-state index in [9.17, 15) is 18.7 Å². The molecule has 11 heteroatoms. The number of aryl methyl sites for hydroxylation is 1. The van der Waals surface area contributed by atoms with Gasteiger partial charge in [0.05, 0.1) is 4.88 Å². The molecule has 2 N–H and O–H groups in total. The van der Waals surface area contributed by atoms with Crippen LogP contribution >= 0.6 is 23.1 Å². The Kier molecular flexibility index (Phi) is 7.71. The van der Waals surface area contributed by atoms with Gasteiger partial charge in [0, 0.05) is 28.8 Å². The largest absolute Gasteiger partial charge is 0.386 e. The smallest absolute Gasteiger partial charge is 0.298 e. The second kappa shape index (κ2) is 10.7. The SMILES string of the molecule is O=C1SCC[C@H](CC[C@H](O)C(F)(F)c2ccccc2)N1CCCc1ccc(-c2nn[nH]n2)s1. The molecule has 0 bridgehead atoms. The molecule has 1 saturated heterocycles. The summed E-state index contributed by atoms with van der Waals surface area (Å²) in [7, 11) is 0. The predicted molar refractivity (Wildman–Crippen MR) is 124 cm³/mol. The average molecular weight is 494 g/mol. The Hall–Kier alpha value is -2.37. The summed E-state index contributed by atoms with van der Waals surface area (Å²) >= 11 is 2.85. The van der Waals surface area contributed by atoms with Crippen molar-refractivity contribution in [2.24, 2.45) is 0 Å². The van der Waals surface area contributed by atoms with Crippen LogP contribution in [0.1, 0.15) is 36.1 Å². The maximum atomic E-state index is 14.6. The quantitative estimate of drug-likeness (QED) is 0.424. The molecule has 4 rings (SSSR count). The van der Waals surface area contributed by atoms with Crippen molar-refractivity contribution in [2.45, 2.75) is 50.2 Å². The summed E-state index contributed by atoms with van der Waals surface area (Å²) in [6.07, 6.45) is 0.773. The first-order valence-corrected chi connectivity index (χ1v) is 12.6. The number of nitrogens with zero attached hydrogens (tertiary/aromatic N) is 4. The minimum atomic E-state index is -3.32. The van der Waals surface area contributed by atoms with Crippen LogP contribution in [0.15, 0.2) is 42.5 Å². The van der Waals surface area contributed by atoms with Gasteiger partial charge in [-0.3, -0.25) is 4.79 Å². The van der Waals surface area contributed by atoms with Crippen molar-refractivity contribution in [3.05, 3.63) is 52.9 Å². The van der Waals surface area contributed by atoms with Gasteiger partial charge in [0.15, 0.2) is 0 Å². The van der Waals surface area contributed by atoms with Crippen molar-refractivity contribution in [3.63, 3.8) is 0 Å². The van der Waals surface area contributed by atoms with E-state index < -0.39 is 12.0 Å². The van der Waals surface area contributed by atoms with Gasteiger partial charge in [0.1, 0.15) is 6.10 Å². The number of amides is 1. The van der Waals surface area contributed by atoms with Gasteiger partial charge >= 0.3 is 0 Å². The Bertz CT molecular complexity index is 1030. The fourth-order valence-corrected chi connectivity index (χ4v) is 5.90. The molecule has 1 aliphatic rings. The summed E-state index contributed by atoms with van der Waals surface area (Å²) in [4.78, 5) is 16.4. The van der Waals surface area contributed by atoms with Gasteiger partial charge in [-0.1, -0.05) is 42.1 Å². The molecular formula is C22H25F2N5O2S2. The molecule has 3 aromatic rings. The number of carbonyl (C=O) groups is 1. The molecule has 1 amide bonds. The van der Waals surface area contributed by atoms with E-state index in [1.807, 2.05) is 12.1 Å². The minimum Gasteiger partial charge on any atom is -0.386 e. The lowest BCUT2D eigenvalue weighted by atomic mass is 9.96. The maximum Gasteiger partial charge on any atom is 0.298 e. The first-order chi connectivity index (χ1) is 15.9. The highest BCUT2D eigenvalue weighted by Gasteiger charge is 2.41. The number of aromatic amines is 1. The molecule has 1 fully saturated rings. The molecule has 0 radical (unpaired) electrons. The molecule has 2 atom stereocenters. The number of tetrazole rings is 1. The Labute approximate surface area is 198 Å². The van der Waals surface area contributed by atoms with Crippen molar-refractivity contribution >= 4 is 28.3 Å². The number of carbonyl (C=O) groups excluding carboxylic acids is 1. The molecule has 0 spiro atoms. The normalized spacial score (nSPS) is 18.0. The molecule has 1 aliphatic heterocycles. The third-order valence-electron chi connectivity index (χ3n) is 5.75. The molecule has 2 aromatic heterocycles. The fraction of sp³-hybridized carbons (Fsp3) is 0.455. The van der Waals surface area contributed by atoms with Crippen LogP contribution in [-0.2, 0) is 12.3 Å². The number of thioether (sulfide) groups is 1. The topological polar surface area (TPSA) is 95.0 Å². The third kappa shape index (κ3) is 5.77. The number of thiophene rings is 1. The molecule has 33 heavy (non-hydrogen) atoms. The van der Waals surface area contributed by atoms with E-state index in [4.69, 9.17) is 0 Å². The number of benzene rings is 1. The van der Waals surface area contributed by atoms with E-state index in [-0.39, 0.29) is 23.3 Å². The zero-order valence-corrected chi connectivity index (χ0v) is 19.5. The Balaban J connectivity index is 1.31. The molecule has 0 unspecified atom stereocenters. The number of aliphatic hydroxyl groups is 1. The molecule has 7 nitrogen and oxygen atoms in total. The highest BCUT2D eigenvalue weighted by molar-refractivity contribution is 8.13. The van der Waals surface area contributed by atoms with Crippen LogP contribution in [0.25, 0.3) is 10.7 Å². The molecular weight excluding hydrogens is 468 g/mol. The fourth-order valence-electron chi connectivity index (χ4n) is 3.95. The van der Waals surface area contributed by atoms with Crippen LogP contribution in [0.2, 0.25) is 0 Å². The van der Waals surface area contributed by atoms with Gasteiger partial charge in [-0.2, -0.15) is 14.0 Å². The number of hydrogen-bond acceptors (Lipinski definition) is 7. The van der Waals surface area contributed by atoms with Crippen LogP contribution in [0.5, 0.6) is 0 Å². The van der Waals surface area contributed by atoms with Crippen molar-refractivity contribution in [1.29, 1.82) is 0 Å². The predicted octanol–water partition coefficient (Wildman–Crippen LogP) is 4.72. The molecule has 176 valence electrons. The summed E-state index contributed by atoms with van der Waals surface area (Å²) in [6, 6.07) is 11.2. The molecule has 1 aromatic carbocycles. The highest BCUT2D eigenvalue weighted by atomic mass is 32.2. The number of halogens is 2. The number of H-pyrrole nitrogens is 1. The van der Waals surface area contributed by atoms with Gasteiger partial charge < -0.3 is 10.0 Å². The van der Waals surface area contributed by atoms with Crippen molar-refractivity contribution in [1.82, 2.24) is 25.5 Å². The zero-order chi connectivity index (χ0) is 23.3. The van der Waals surface area contributed by atoms with E-state index in [1.54, 1.807) is 22.3 Å². The van der Waals surface area contributed by atoms with E-state index >= 15 is 0 Å². The summed E-state index contributed by atoms with van der Waals surface area (Å²) in [5, 5.41) is 24.2. The van der Waals surface area contributed by atoms with Crippen molar-refractivity contribution in [2.75, 3.05) is 12.3 Å². The number of nitrogens with one attached hydrogen (secondary N) is 1. The Morgan fingerprint density at radius 2 is 2.06 bits per heavy atom. The molecule has 0 aliphatic carbocycles. The van der Waals surface area contributed by atoms with Crippen LogP contribution in [0.4, 0.5) is 13.6 Å². The van der Waals surface area contributed by atoms with E-state index in [1.165, 1.54) is 36.0 Å². The van der Waals surface area contributed by atoms with Gasteiger partial charge in [-0.25, -0.2) is 0 Å². The van der Waals surface area contributed by atoms with Gasteiger partial charge in [0.2, 0.25) is 5.82 Å². The Morgan fingerprint density at radius 1 is 1.24 bits per heavy atom. The Morgan fingerprint density at radius 3 is 2.82 bits per heavy atom. The van der Waals surface area contributed by atoms with Crippen molar-refractivity contribution < 1.29 is 18.7 Å². The first-order valence-electron chi connectivity index (χ1n) is 10.8. The lowest BCUT2D eigenvalue weighted by Gasteiger charge is -2.36. The molecule has 0 saturated carbocycles. The van der Waals surface area contributed by atoms with Crippen LogP contribution < -0.4 is 0 Å². The van der Waals surface area contributed by atoms with Crippen molar-refractivity contribution in [3.8, 4) is 10.7 Å². The second-order valence-electron chi connectivity index (χ2n) is 7.94. The maximum absolute atomic E-state index is 14.6. The lowest BCUT2D eigenvalue weighted by Crippen LogP contribution is -2.43. The van der Waals surface area contributed by atoms with Gasteiger partial charge in [0.25, 0.3) is 11.2 Å². The number of alkyl halides is 2. The number of hydrogen-bond donors (Lipinski definition) is 2. The standard InChI is InChI=1S/C22H25F2N5O2S2/c23-22(24,15-5-2-1-3-6-15)19(30)11-8-16-12-14-32-21(31)29(16)13-4-7-17-9-10-18(33-17)20-25-27-28-26-20/h1-3,5-6,9-10,16,19,30H,4,7-8,11-14H2,(H,25,26,27,28)/t16-,19-/m0/s1. The van der Waals surface area contributed by atoms with Crippen LogP contribution in [0.3, 0.4) is 0 Å². The van der Waals surface area contributed by atoms with E-state index in [0.29, 0.717) is 24.5 Å². The highest BCUT2D eigenvalue weighted by Crippen LogP contribution is 2.35. The van der Waals surface area contributed by atoms with Gasteiger partial charge in [-0.15, -0.1) is 21.5 Å². The monoisotopic (exact) mass is 493 g/mol. The van der Waals surface area contributed by atoms with E-state index in [0.717, 1.165) is 29.0 Å². The number of aliphatic hydroxyl groups excluding tert-OH is 1. The summed E-state index contributed by atoms with van der Waals surface area (Å²) < 4.78 is 29.2. The number of rotatable bonds is 10. The third-order valence-corrected chi connectivity index (χ3v) is 7.81. The average Bonchev–Trinajstić information content (AvgIpc) is 3.51. The van der Waals surface area contributed by atoms with Gasteiger partial charge in [-0.05, 0) is 49.5 Å². The zero-order valence-electron chi connectivity index (χ0n) is 17.9. The molecule has 3 heterocycles. The lowest BCUT2D eigenvalue weighted by molar-refractivity contribution is -0.119. The second-order valence-corrected chi connectivity index (χ2v) is 10.2. The number of aromatic nitrogens is 4. The van der Waals surface area contributed by atoms with Crippen LogP contribution in [0, 0.1) is 0 Å². The minimum absolute atomic E-state index is 0.0192. The summed E-state index contributed by atoms with van der Waals surface area (Å²) in [5.74, 6) is -2.10. The van der Waals surface area contributed by atoms with E-state index in [2.05, 4.69) is 20.6 Å². The van der Waals surface area contributed by atoms with Crippen LogP contribution in [-0.4, -0.2) is 60.3 Å². The first kappa shape index (κ1) is 23.8. The summed E-state index contributed by atoms with van der Waals surface area (Å²) in [6.45, 7) is 0.553.